The minimum absolute atomic E-state index is 0.187. The van der Waals surface area contributed by atoms with E-state index in [9.17, 15) is 4.79 Å². The van der Waals surface area contributed by atoms with Crippen molar-refractivity contribution in [1.29, 1.82) is 0 Å². The molecule has 0 bridgehead atoms. The van der Waals surface area contributed by atoms with E-state index in [1.54, 1.807) is 12.3 Å². The van der Waals surface area contributed by atoms with Crippen LogP contribution in [0.1, 0.15) is 5.69 Å². The number of nitrogens with zero attached hydrogens (tertiary/aromatic N) is 1. The van der Waals surface area contributed by atoms with E-state index in [4.69, 9.17) is 9.47 Å². The molecule has 5 nitrogen and oxygen atoms in total. The summed E-state index contributed by atoms with van der Waals surface area (Å²) in [6.07, 6.45) is 4.62. The Morgan fingerprint density at radius 3 is 2.86 bits per heavy atom. The van der Waals surface area contributed by atoms with Gasteiger partial charge in [0.2, 0.25) is 5.91 Å². The highest BCUT2D eigenvalue weighted by atomic mass is 16.6. The van der Waals surface area contributed by atoms with Crippen LogP contribution in [0, 0.1) is 0 Å². The molecule has 22 heavy (non-hydrogen) atoms. The first-order valence-corrected chi connectivity index (χ1v) is 7.07. The van der Waals surface area contributed by atoms with Crippen LogP contribution in [0.4, 0.5) is 0 Å². The molecule has 3 rings (SSSR count). The summed E-state index contributed by atoms with van der Waals surface area (Å²) in [5, 5.41) is 2.79. The van der Waals surface area contributed by atoms with Crippen molar-refractivity contribution in [2.45, 2.75) is 6.10 Å². The van der Waals surface area contributed by atoms with E-state index in [0.29, 0.717) is 18.9 Å². The zero-order valence-electron chi connectivity index (χ0n) is 11.9. The van der Waals surface area contributed by atoms with Crippen LogP contribution in [0.15, 0.2) is 54.7 Å². The first-order valence-electron chi connectivity index (χ1n) is 7.07. The quantitative estimate of drug-likeness (QED) is 0.877. The highest BCUT2D eigenvalue weighted by Gasteiger charge is 2.20. The van der Waals surface area contributed by atoms with Crippen LogP contribution in [0.25, 0.3) is 6.08 Å². The normalized spacial score (nSPS) is 16.5. The highest BCUT2D eigenvalue weighted by molar-refractivity contribution is 5.91. The number of carbonyl (C=O) groups excluding carboxylic acids is 1. The molecule has 1 aromatic heterocycles. The number of rotatable bonds is 4. The van der Waals surface area contributed by atoms with Gasteiger partial charge in [-0.25, -0.2) is 0 Å². The fraction of sp³-hybridized carbons (Fsp3) is 0.176. The number of nitrogens with one attached hydrogen (secondary N) is 1. The van der Waals surface area contributed by atoms with Crippen LogP contribution >= 0.6 is 0 Å². The van der Waals surface area contributed by atoms with Crippen LogP contribution in [-0.4, -0.2) is 30.1 Å². The van der Waals surface area contributed by atoms with Crippen molar-refractivity contribution in [3.8, 4) is 11.5 Å². The molecule has 2 heterocycles. The van der Waals surface area contributed by atoms with Gasteiger partial charge < -0.3 is 14.8 Å². The van der Waals surface area contributed by atoms with Gasteiger partial charge in [-0.3, -0.25) is 9.78 Å². The number of aromatic nitrogens is 1. The Morgan fingerprint density at radius 2 is 2.05 bits per heavy atom. The fourth-order valence-electron chi connectivity index (χ4n) is 2.07. The van der Waals surface area contributed by atoms with E-state index in [0.717, 1.165) is 11.4 Å². The Hall–Kier alpha value is -2.82. The largest absolute Gasteiger partial charge is 0.486 e. The maximum absolute atomic E-state index is 11.8. The smallest absolute Gasteiger partial charge is 0.244 e. The number of carbonyl (C=O) groups is 1. The van der Waals surface area contributed by atoms with Gasteiger partial charge in [-0.15, -0.1) is 0 Å². The van der Waals surface area contributed by atoms with Crippen molar-refractivity contribution >= 4 is 12.0 Å². The monoisotopic (exact) mass is 296 g/mol. The number of benzene rings is 1. The molecular formula is C17H16N2O3. The van der Waals surface area contributed by atoms with Gasteiger partial charge >= 0.3 is 0 Å². The first-order chi connectivity index (χ1) is 10.8. The minimum atomic E-state index is -0.192. The Bertz CT molecular complexity index is 671. The first kappa shape index (κ1) is 14.1. The summed E-state index contributed by atoms with van der Waals surface area (Å²) in [6, 6.07) is 13.0. The molecule has 112 valence electrons. The number of ether oxygens (including phenoxy) is 2. The lowest BCUT2D eigenvalue weighted by atomic mass is 10.2. The molecule has 1 unspecified atom stereocenters. The molecule has 0 saturated carbocycles. The maximum Gasteiger partial charge on any atom is 0.244 e. The Morgan fingerprint density at radius 1 is 1.23 bits per heavy atom. The Balaban J connectivity index is 1.49. The van der Waals surface area contributed by atoms with Crippen molar-refractivity contribution in [2.24, 2.45) is 0 Å². The van der Waals surface area contributed by atoms with Crippen molar-refractivity contribution < 1.29 is 14.3 Å². The number of amides is 1. The van der Waals surface area contributed by atoms with Crippen molar-refractivity contribution in [2.75, 3.05) is 13.2 Å². The maximum atomic E-state index is 11.8. The van der Waals surface area contributed by atoms with E-state index < -0.39 is 0 Å². The van der Waals surface area contributed by atoms with E-state index in [2.05, 4.69) is 10.3 Å². The summed E-state index contributed by atoms with van der Waals surface area (Å²) >= 11 is 0. The third-order valence-corrected chi connectivity index (χ3v) is 3.16. The SMILES string of the molecule is O=C(/C=C/c1ccccn1)NCC1COc2ccccc2O1. The molecule has 1 aliphatic heterocycles. The second kappa shape index (κ2) is 6.76. The van der Waals surface area contributed by atoms with Crippen LogP contribution in [0.3, 0.4) is 0 Å². The fourth-order valence-corrected chi connectivity index (χ4v) is 2.07. The van der Waals surface area contributed by atoms with Gasteiger partial charge in [-0.1, -0.05) is 18.2 Å². The lowest BCUT2D eigenvalue weighted by molar-refractivity contribution is -0.116. The Kier molecular flexibility index (Phi) is 4.34. The summed E-state index contributed by atoms with van der Waals surface area (Å²) in [7, 11) is 0. The minimum Gasteiger partial charge on any atom is -0.486 e. The second-order valence-corrected chi connectivity index (χ2v) is 4.83. The van der Waals surface area contributed by atoms with Crippen LogP contribution in [0.5, 0.6) is 11.5 Å². The van der Waals surface area contributed by atoms with E-state index in [1.165, 1.54) is 6.08 Å². The summed E-state index contributed by atoms with van der Waals surface area (Å²) < 4.78 is 11.4. The van der Waals surface area contributed by atoms with Gasteiger partial charge in [-0.2, -0.15) is 0 Å². The van der Waals surface area contributed by atoms with Crippen LogP contribution in [-0.2, 0) is 4.79 Å². The molecule has 0 fully saturated rings. The highest BCUT2D eigenvalue weighted by Crippen LogP contribution is 2.30. The van der Waals surface area contributed by atoms with Crippen molar-refractivity contribution in [3.05, 3.63) is 60.4 Å². The molecule has 1 N–H and O–H groups in total. The van der Waals surface area contributed by atoms with Gasteiger partial charge in [0.1, 0.15) is 12.7 Å². The molecule has 0 saturated heterocycles. The summed E-state index contributed by atoms with van der Waals surface area (Å²) in [4.78, 5) is 15.9. The van der Waals surface area contributed by atoms with Crippen LogP contribution < -0.4 is 14.8 Å². The zero-order valence-corrected chi connectivity index (χ0v) is 11.9. The Labute approximate surface area is 128 Å². The van der Waals surface area contributed by atoms with Gasteiger partial charge in [0.25, 0.3) is 0 Å². The van der Waals surface area contributed by atoms with Crippen LogP contribution in [0.2, 0.25) is 0 Å². The third-order valence-electron chi connectivity index (χ3n) is 3.16. The molecular weight excluding hydrogens is 280 g/mol. The number of fused-ring (bicyclic) bond motifs is 1. The van der Waals surface area contributed by atoms with Gasteiger partial charge in [0.05, 0.1) is 12.2 Å². The van der Waals surface area contributed by atoms with Gasteiger partial charge in [0.15, 0.2) is 11.5 Å². The third kappa shape index (κ3) is 3.63. The summed E-state index contributed by atoms with van der Waals surface area (Å²) in [6.45, 7) is 0.807. The molecule has 1 aliphatic rings. The lowest BCUT2D eigenvalue weighted by Crippen LogP contribution is -2.40. The molecule has 5 heteroatoms. The standard InChI is InChI=1S/C17H16N2O3/c20-17(9-8-13-5-3-4-10-18-13)19-11-14-12-21-15-6-1-2-7-16(15)22-14/h1-10,14H,11-12H2,(H,19,20)/b9-8+. The molecule has 2 aromatic rings. The molecule has 0 radical (unpaired) electrons. The molecule has 1 atom stereocenters. The predicted molar refractivity (Wildman–Crippen MR) is 82.6 cm³/mol. The molecule has 0 aliphatic carbocycles. The molecule has 0 spiro atoms. The number of hydrogen-bond acceptors (Lipinski definition) is 4. The van der Waals surface area contributed by atoms with Gasteiger partial charge in [-0.05, 0) is 30.3 Å². The average Bonchev–Trinajstić information content (AvgIpc) is 2.59. The number of hydrogen-bond donors (Lipinski definition) is 1. The van der Waals surface area contributed by atoms with Crippen molar-refractivity contribution in [3.63, 3.8) is 0 Å². The lowest BCUT2D eigenvalue weighted by Gasteiger charge is -2.26. The van der Waals surface area contributed by atoms with Crippen molar-refractivity contribution in [1.82, 2.24) is 10.3 Å². The van der Waals surface area contributed by atoms with E-state index in [1.807, 2.05) is 42.5 Å². The topological polar surface area (TPSA) is 60.5 Å². The second-order valence-electron chi connectivity index (χ2n) is 4.83. The summed E-state index contributed by atoms with van der Waals surface area (Å²) in [5.41, 5.74) is 0.740. The molecule has 1 amide bonds. The summed E-state index contributed by atoms with van der Waals surface area (Å²) in [5.74, 6) is 1.25. The predicted octanol–water partition coefficient (Wildman–Crippen LogP) is 2.05. The van der Waals surface area contributed by atoms with E-state index in [-0.39, 0.29) is 12.0 Å². The van der Waals surface area contributed by atoms with E-state index >= 15 is 0 Å². The zero-order chi connectivity index (χ0) is 15.2. The average molecular weight is 296 g/mol. The number of pyridine rings is 1. The molecule has 1 aromatic carbocycles. The number of para-hydroxylation sites is 2. The van der Waals surface area contributed by atoms with Gasteiger partial charge in [0, 0.05) is 12.3 Å².